The molecule has 184 valence electrons. The minimum atomic E-state index is -0.0944. The summed E-state index contributed by atoms with van der Waals surface area (Å²) >= 11 is 7.56. The van der Waals surface area contributed by atoms with E-state index in [9.17, 15) is 9.59 Å². The molecule has 1 fully saturated rings. The fourth-order valence-corrected chi connectivity index (χ4v) is 5.68. The lowest BCUT2D eigenvalue weighted by Crippen LogP contribution is -2.48. The fraction of sp³-hybridized carbons (Fsp3) is 0.214. The average Bonchev–Trinajstić information content (AvgIpc) is 2.91. The molecule has 8 heteroatoms. The maximum absolute atomic E-state index is 13.3. The predicted molar refractivity (Wildman–Crippen MR) is 146 cm³/mol. The molecule has 3 aromatic carbocycles. The Morgan fingerprint density at radius 2 is 1.75 bits per heavy atom. The van der Waals surface area contributed by atoms with Crippen LogP contribution < -0.4 is 14.5 Å². The van der Waals surface area contributed by atoms with Crippen molar-refractivity contribution in [2.75, 3.05) is 50.1 Å². The van der Waals surface area contributed by atoms with E-state index < -0.39 is 0 Å². The van der Waals surface area contributed by atoms with Crippen LogP contribution in [0.1, 0.15) is 15.9 Å². The molecule has 1 saturated heterocycles. The first kappa shape index (κ1) is 24.3. The quantitative estimate of drug-likeness (QED) is 0.431. The van der Waals surface area contributed by atoms with E-state index in [0.717, 1.165) is 40.7 Å². The van der Waals surface area contributed by atoms with Crippen molar-refractivity contribution in [3.8, 4) is 5.75 Å². The predicted octanol–water partition coefficient (Wildman–Crippen LogP) is 5.42. The number of piperazine rings is 1. The van der Waals surface area contributed by atoms with Crippen LogP contribution in [-0.2, 0) is 4.79 Å². The van der Waals surface area contributed by atoms with Crippen molar-refractivity contribution in [3.63, 3.8) is 0 Å². The van der Waals surface area contributed by atoms with Gasteiger partial charge >= 0.3 is 0 Å². The van der Waals surface area contributed by atoms with Gasteiger partial charge in [-0.3, -0.25) is 9.59 Å². The van der Waals surface area contributed by atoms with Crippen LogP contribution in [0.15, 0.2) is 76.5 Å². The second-order valence-electron chi connectivity index (χ2n) is 8.69. The maximum atomic E-state index is 13.3. The number of nitrogens with zero attached hydrogens (tertiary/aromatic N) is 3. The number of likely N-dealkylation sites (N-methyl/N-ethyl adjacent to an activating group) is 1. The van der Waals surface area contributed by atoms with Gasteiger partial charge in [-0.05, 0) is 60.2 Å². The molecule has 2 aliphatic rings. The van der Waals surface area contributed by atoms with Crippen molar-refractivity contribution in [3.05, 3.63) is 87.8 Å². The number of methoxy groups -OCH3 is 1. The van der Waals surface area contributed by atoms with Crippen LogP contribution in [0.25, 0.3) is 6.08 Å². The van der Waals surface area contributed by atoms with Crippen LogP contribution in [0.3, 0.4) is 0 Å². The number of benzene rings is 3. The Hall–Kier alpha value is -3.42. The zero-order valence-corrected chi connectivity index (χ0v) is 21.7. The average molecular weight is 520 g/mol. The number of hydrogen-bond donors (Lipinski definition) is 0. The van der Waals surface area contributed by atoms with Gasteiger partial charge in [-0.2, -0.15) is 0 Å². The Balaban J connectivity index is 1.30. The van der Waals surface area contributed by atoms with Crippen molar-refractivity contribution < 1.29 is 14.3 Å². The second kappa shape index (κ2) is 10.3. The van der Waals surface area contributed by atoms with Crippen LogP contribution in [0.2, 0.25) is 5.02 Å². The summed E-state index contributed by atoms with van der Waals surface area (Å²) in [5, 5.41) is 0.707. The molecule has 0 aromatic heterocycles. The van der Waals surface area contributed by atoms with Crippen LogP contribution >= 0.6 is 23.4 Å². The largest absolute Gasteiger partial charge is 0.497 e. The molecular formula is C28H26ClN3O3S. The number of fused-ring (bicyclic) bond motifs is 1. The highest BCUT2D eigenvalue weighted by molar-refractivity contribution is 8.04. The van der Waals surface area contributed by atoms with E-state index in [2.05, 4.69) is 4.90 Å². The summed E-state index contributed by atoms with van der Waals surface area (Å²) in [6.45, 7) is 2.73. The van der Waals surface area contributed by atoms with Gasteiger partial charge in [0.25, 0.3) is 11.8 Å². The summed E-state index contributed by atoms with van der Waals surface area (Å²) < 4.78 is 5.21. The summed E-state index contributed by atoms with van der Waals surface area (Å²) in [4.78, 5) is 33.7. The highest BCUT2D eigenvalue weighted by Gasteiger charge is 2.29. The van der Waals surface area contributed by atoms with Gasteiger partial charge in [0.2, 0.25) is 0 Å². The van der Waals surface area contributed by atoms with Gasteiger partial charge in [0, 0.05) is 54.4 Å². The van der Waals surface area contributed by atoms with Crippen LogP contribution in [0, 0.1) is 0 Å². The summed E-state index contributed by atoms with van der Waals surface area (Å²) in [6.07, 6.45) is 1.88. The van der Waals surface area contributed by atoms with E-state index in [1.165, 1.54) is 11.8 Å². The highest BCUT2D eigenvalue weighted by Crippen LogP contribution is 2.42. The zero-order valence-electron chi connectivity index (χ0n) is 20.1. The number of ether oxygens (including phenoxy) is 1. The molecule has 0 unspecified atom stereocenters. The Kier molecular flexibility index (Phi) is 6.94. The molecule has 0 saturated carbocycles. The molecule has 36 heavy (non-hydrogen) atoms. The lowest BCUT2D eigenvalue weighted by Gasteiger charge is -2.36. The topological polar surface area (TPSA) is 53.1 Å². The number of amides is 2. The Labute approximate surface area is 220 Å². The molecule has 0 atom stereocenters. The number of thioether (sulfide) groups is 1. The first-order chi connectivity index (χ1) is 17.4. The molecule has 3 aromatic rings. The molecule has 2 amide bonds. The standard InChI is InChI=1S/C28H26ClN3O3S/c1-30-24-17-20(27(33)32-14-12-31(13-15-32)22-5-3-4-21(29)18-22)8-11-25(24)36-26(28(30)34)16-19-6-9-23(35-2)10-7-19/h3-11,16-18H,12-15H2,1-2H3/b26-16-. The molecule has 0 radical (unpaired) electrons. The van der Waals surface area contributed by atoms with E-state index in [4.69, 9.17) is 16.3 Å². The van der Waals surface area contributed by atoms with Crippen molar-refractivity contribution >= 4 is 52.6 Å². The number of carbonyl (C=O) groups is 2. The SMILES string of the molecule is COc1ccc(/C=C2\Sc3ccc(C(=O)N4CCN(c5cccc(Cl)c5)CC4)cc3N(C)C2=O)cc1. The number of rotatable bonds is 4. The van der Waals surface area contributed by atoms with E-state index in [1.54, 1.807) is 19.1 Å². The summed E-state index contributed by atoms with van der Waals surface area (Å²) in [5.74, 6) is 0.655. The van der Waals surface area contributed by atoms with Gasteiger partial charge in [-0.25, -0.2) is 0 Å². The van der Waals surface area contributed by atoms with Crippen LogP contribution in [0.5, 0.6) is 5.75 Å². The minimum absolute atomic E-state index is 0.0195. The third-order valence-electron chi connectivity index (χ3n) is 6.46. The number of carbonyl (C=O) groups excluding carboxylic acids is 2. The smallest absolute Gasteiger partial charge is 0.264 e. The normalized spacial score (nSPS) is 16.8. The third-order valence-corrected chi connectivity index (χ3v) is 7.77. The van der Waals surface area contributed by atoms with E-state index >= 15 is 0 Å². The van der Waals surface area contributed by atoms with Gasteiger partial charge in [0.15, 0.2) is 0 Å². The van der Waals surface area contributed by atoms with Crippen molar-refractivity contribution in [1.82, 2.24) is 4.90 Å². The fourth-order valence-electron chi connectivity index (χ4n) is 4.40. The molecule has 2 aliphatic heterocycles. The monoisotopic (exact) mass is 519 g/mol. The van der Waals surface area contributed by atoms with Gasteiger partial charge in [0.1, 0.15) is 5.75 Å². The number of anilines is 2. The zero-order chi connectivity index (χ0) is 25.2. The number of halogens is 1. The molecule has 6 nitrogen and oxygen atoms in total. The third kappa shape index (κ3) is 4.94. The summed E-state index contributed by atoms with van der Waals surface area (Å²) in [5.41, 5.74) is 3.33. The number of hydrogen-bond acceptors (Lipinski definition) is 5. The molecule has 0 bridgehead atoms. The van der Waals surface area contributed by atoms with Crippen molar-refractivity contribution in [1.29, 1.82) is 0 Å². The minimum Gasteiger partial charge on any atom is -0.497 e. The Bertz CT molecular complexity index is 1330. The summed E-state index contributed by atoms with van der Waals surface area (Å²) in [7, 11) is 3.38. The van der Waals surface area contributed by atoms with Crippen molar-refractivity contribution in [2.45, 2.75) is 4.90 Å². The van der Waals surface area contributed by atoms with Gasteiger partial charge in [-0.1, -0.05) is 41.6 Å². The van der Waals surface area contributed by atoms with Crippen molar-refractivity contribution in [2.24, 2.45) is 0 Å². The highest BCUT2D eigenvalue weighted by atomic mass is 35.5. The maximum Gasteiger partial charge on any atom is 0.264 e. The van der Waals surface area contributed by atoms with Gasteiger partial charge in [-0.15, -0.1) is 0 Å². The lowest BCUT2D eigenvalue weighted by atomic mass is 10.1. The first-order valence-corrected chi connectivity index (χ1v) is 12.9. The molecule has 0 N–H and O–H groups in total. The van der Waals surface area contributed by atoms with E-state index in [-0.39, 0.29) is 11.8 Å². The molecule has 0 aliphatic carbocycles. The first-order valence-electron chi connectivity index (χ1n) is 11.7. The van der Waals surface area contributed by atoms with E-state index in [1.807, 2.05) is 77.7 Å². The molecular weight excluding hydrogens is 494 g/mol. The van der Waals surface area contributed by atoms with Crippen LogP contribution in [0.4, 0.5) is 11.4 Å². The van der Waals surface area contributed by atoms with Crippen LogP contribution in [-0.4, -0.2) is 57.1 Å². The molecule has 0 spiro atoms. The Morgan fingerprint density at radius 3 is 2.44 bits per heavy atom. The van der Waals surface area contributed by atoms with Gasteiger partial charge < -0.3 is 19.4 Å². The Morgan fingerprint density at radius 1 is 1.00 bits per heavy atom. The van der Waals surface area contributed by atoms with Gasteiger partial charge in [0.05, 0.1) is 17.7 Å². The molecule has 2 heterocycles. The lowest BCUT2D eigenvalue weighted by molar-refractivity contribution is -0.114. The van der Waals surface area contributed by atoms with E-state index in [0.29, 0.717) is 28.6 Å². The molecule has 5 rings (SSSR count). The second-order valence-corrected chi connectivity index (χ2v) is 10.2. The summed E-state index contributed by atoms with van der Waals surface area (Å²) in [6, 6.07) is 21.0.